The van der Waals surface area contributed by atoms with Crippen molar-refractivity contribution >= 4 is 17.3 Å². The average Bonchev–Trinajstić information content (AvgIpc) is 2.68. The van der Waals surface area contributed by atoms with Crippen LogP contribution >= 0.6 is 0 Å². The van der Waals surface area contributed by atoms with Crippen LogP contribution in [0.5, 0.6) is 0 Å². The first-order chi connectivity index (χ1) is 9.95. The van der Waals surface area contributed by atoms with Crippen LogP contribution < -0.4 is 9.80 Å². The molecule has 1 atom stereocenters. The maximum atomic E-state index is 11.8. The van der Waals surface area contributed by atoms with E-state index in [1.807, 2.05) is 18.2 Å². The van der Waals surface area contributed by atoms with E-state index < -0.39 is 6.10 Å². The molecule has 0 radical (unpaired) electrons. The number of aliphatic hydroxyl groups is 1. The number of rotatable bonds is 6. The van der Waals surface area contributed by atoms with E-state index >= 15 is 0 Å². The van der Waals surface area contributed by atoms with Gasteiger partial charge < -0.3 is 19.8 Å². The molecule has 2 rings (SSSR count). The Labute approximate surface area is 126 Å². The molecule has 1 N–H and O–H groups in total. The van der Waals surface area contributed by atoms with Crippen LogP contribution in [0.3, 0.4) is 0 Å². The Morgan fingerprint density at radius 1 is 1.24 bits per heavy atom. The number of likely N-dealkylation sites (N-methyl/N-ethyl adjacent to an activating group) is 2. The smallest absolute Gasteiger partial charge is 0.260 e. The second-order valence-electron chi connectivity index (χ2n) is 5.83. The molecule has 0 bridgehead atoms. The Morgan fingerprint density at radius 3 is 2.57 bits per heavy atom. The predicted molar refractivity (Wildman–Crippen MR) is 85.9 cm³/mol. The molecule has 0 aliphatic carbocycles. The minimum atomic E-state index is -1.01. The number of amides is 1. The summed E-state index contributed by atoms with van der Waals surface area (Å²) in [5.74, 6) is -0.252. The lowest BCUT2D eigenvalue weighted by Crippen LogP contribution is -2.32. The van der Waals surface area contributed by atoms with Crippen molar-refractivity contribution in [3.8, 4) is 0 Å². The maximum absolute atomic E-state index is 11.8. The number of aliphatic hydroxyl groups excluding tert-OH is 1. The first-order valence-corrected chi connectivity index (χ1v) is 7.45. The maximum Gasteiger partial charge on any atom is 0.260 e. The molecule has 1 heterocycles. The van der Waals surface area contributed by atoms with Crippen molar-refractivity contribution in [1.29, 1.82) is 0 Å². The number of nitrogens with zero attached hydrogens (tertiary/aromatic N) is 3. The van der Waals surface area contributed by atoms with Crippen LogP contribution in [-0.2, 0) is 4.79 Å². The van der Waals surface area contributed by atoms with E-state index in [4.69, 9.17) is 0 Å². The van der Waals surface area contributed by atoms with Crippen molar-refractivity contribution in [1.82, 2.24) is 4.90 Å². The van der Waals surface area contributed by atoms with Gasteiger partial charge in [-0.2, -0.15) is 0 Å². The van der Waals surface area contributed by atoms with Gasteiger partial charge in [-0.25, -0.2) is 0 Å². The van der Waals surface area contributed by atoms with E-state index in [-0.39, 0.29) is 5.91 Å². The molecule has 5 heteroatoms. The molecule has 0 saturated heterocycles. The molecule has 1 aliphatic rings. The lowest BCUT2D eigenvalue weighted by Gasteiger charge is -2.27. The van der Waals surface area contributed by atoms with Gasteiger partial charge in [-0.05, 0) is 32.6 Å². The van der Waals surface area contributed by atoms with Gasteiger partial charge >= 0.3 is 0 Å². The molecule has 1 amide bonds. The molecular weight excluding hydrogens is 266 g/mol. The van der Waals surface area contributed by atoms with Gasteiger partial charge in [0.25, 0.3) is 5.91 Å². The summed E-state index contributed by atoms with van der Waals surface area (Å²) < 4.78 is 0. The van der Waals surface area contributed by atoms with Crippen LogP contribution in [0, 0.1) is 0 Å². The molecule has 116 valence electrons. The lowest BCUT2D eigenvalue weighted by molar-refractivity contribution is -0.125. The fourth-order valence-corrected chi connectivity index (χ4v) is 2.65. The van der Waals surface area contributed by atoms with Crippen molar-refractivity contribution in [3.05, 3.63) is 23.8 Å². The number of benzene rings is 1. The van der Waals surface area contributed by atoms with E-state index in [1.165, 1.54) is 0 Å². The van der Waals surface area contributed by atoms with Gasteiger partial charge in [-0.3, -0.25) is 4.79 Å². The van der Waals surface area contributed by atoms with E-state index in [0.29, 0.717) is 5.56 Å². The fraction of sp³-hybridized carbons (Fsp3) is 0.562. The molecule has 1 aromatic rings. The molecule has 0 fully saturated rings. The molecule has 1 aliphatic heterocycles. The van der Waals surface area contributed by atoms with Gasteiger partial charge in [0.2, 0.25) is 0 Å². The van der Waals surface area contributed by atoms with Gasteiger partial charge in [0.15, 0.2) is 6.10 Å². The lowest BCUT2D eigenvalue weighted by atomic mass is 10.1. The number of carbonyl (C=O) groups excluding carboxylic acids is 1. The molecule has 21 heavy (non-hydrogen) atoms. The van der Waals surface area contributed by atoms with Gasteiger partial charge in [-0.15, -0.1) is 0 Å². The van der Waals surface area contributed by atoms with Gasteiger partial charge in [0.1, 0.15) is 0 Å². The highest BCUT2D eigenvalue weighted by Crippen LogP contribution is 2.37. The number of carbonyl (C=O) groups is 1. The normalized spacial score (nSPS) is 17.5. The van der Waals surface area contributed by atoms with Crippen LogP contribution in [-0.4, -0.2) is 56.7 Å². The molecule has 1 aromatic carbocycles. The molecule has 0 spiro atoms. The van der Waals surface area contributed by atoms with E-state index in [1.54, 1.807) is 11.9 Å². The van der Waals surface area contributed by atoms with Crippen LogP contribution in [0.4, 0.5) is 11.4 Å². The van der Waals surface area contributed by atoms with Crippen molar-refractivity contribution in [3.63, 3.8) is 0 Å². The van der Waals surface area contributed by atoms with Crippen molar-refractivity contribution in [2.45, 2.75) is 19.4 Å². The SMILES string of the molecule is CCCN(CCN(C)C)c1ccc2c(c1)N(C)C(=O)C2O. The fourth-order valence-electron chi connectivity index (χ4n) is 2.65. The first kappa shape index (κ1) is 15.8. The van der Waals surface area contributed by atoms with Crippen molar-refractivity contribution < 1.29 is 9.90 Å². The largest absolute Gasteiger partial charge is 0.378 e. The zero-order chi connectivity index (χ0) is 15.6. The zero-order valence-electron chi connectivity index (χ0n) is 13.3. The highest BCUT2D eigenvalue weighted by atomic mass is 16.3. The topological polar surface area (TPSA) is 47.0 Å². The predicted octanol–water partition coefficient (Wildman–Crippen LogP) is 1.47. The van der Waals surface area contributed by atoms with E-state index in [9.17, 15) is 9.90 Å². The number of hydrogen-bond donors (Lipinski definition) is 1. The standard InChI is InChI=1S/C16H25N3O2/c1-5-8-19(10-9-17(2)3)12-6-7-13-14(11-12)18(4)16(21)15(13)20/h6-7,11,15,20H,5,8-10H2,1-4H3. The van der Waals surface area contributed by atoms with Gasteiger partial charge in [0, 0.05) is 37.9 Å². The summed E-state index contributed by atoms with van der Waals surface area (Å²) in [6, 6.07) is 5.88. The summed E-state index contributed by atoms with van der Waals surface area (Å²) in [5, 5.41) is 9.92. The third-order valence-electron chi connectivity index (χ3n) is 3.91. The Kier molecular flexibility index (Phi) is 4.85. The highest BCUT2D eigenvalue weighted by Gasteiger charge is 2.33. The van der Waals surface area contributed by atoms with Crippen LogP contribution in [0.1, 0.15) is 25.0 Å². The van der Waals surface area contributed by atoms with Crippen LogP contribution in [0.2, 0.25) is 0 Å². The highest BCUT2D eigenvalue weighted by molar-refractivity contribution is 6.03. The average molecular weight is 291 g/mol. The minimum absolute atomic E-state index is 0.252. The monoisotopic (exact) mass is 291 g/mol. The van der Waals surface area contributed by atoms with Crippen molar-refractivity contribution in [2.24, 2.45) is 0 Å². The first-order valence-electron chi connectivity index (χ1n) is 7.45. The molecule has 1 unspecified atom stereocenters. The molecular formula is C16H25N3O2. The Bertz CT molecular complexity index is 516. The Morgan fingerprint density at radius 2 is 1.95 bits per heavy atom. The number of fused-ring (bicyclic) bond motifs is 1. The summed E-state index contributed by atoms with van der Waals surface area (Å²) in [5.41, 5.74) is 2.62. The molecule has 0 saturated carbocycles. The quantitative estimate of drug-likeness (QED) is 0.862. The van der Waals surface area contributed by atoms with Gasteiger partial charge in [-0.1, -0.05) is 13.0 Å². The number of hydrogen-bond acceptors (Lipinski definition) is 4. The summed E-state index contributed by atoms with van der Waals surface area (Å²) in [7, 11) is 5.84. The third kappa shape index (κ3) is 3.19. The van der Waals surface area contributed by atoms with Crippen LogP contribution in [0.15, 0.2) is 18.2 Å². The Hall–Kier alpha value is -1.59. The second-order valence-corrected chi connectivity index (χ2v) is 5.83. The second kappa shape index (κ2) is 6.45. The summed E-state index contributed by atoms with van der Waals surface area (Å²) >= 11 is 0. The summed E-state index contributed by atoms with van der Waals surface area (Å²) in [6.07, 6.45) is 0.0579. The van der Waals surface area contributed by atoms with E-state index in [0.717, 1.165) is 37.4 Å². The molecule has 0 aromatic heterocycles. The van der Waals surface area contributed by atoms with Gasteiger partial charge in [0.05, 0.1) is 5.69 Å². The minimum Gasteiger partial charge on any atom is -0.378 e. The number of anilines is 2. The summed E-state index contributed by atoms with van der Waals surface area (Å²) in [6.45, 7) is 5.07. The van der Waals surface area contributed by atoms with Crippen LogP contribution in [0.25, 0.3) is 0 Å². The summed E-state index contributed by atoms with van der Waals surface area (Å²) in [4.78, 5) is 17.9. The molecule has 5 nitrogen and oxygen atoms in total. The van der Waals surface area contributed by atoms with Crippen molar-refractivity contribution in [2.75, 3.05) is 50.6 Å². The zero-order valence-corrected chi connectivity index (χ0v) is 13.3. The third-order valence-corrected chi connectivity index (χ3v) is 3.91. The van der Waals surface area contributed by atoms with E-state index in [2.05, 4.69) is 30.8 Å². The Balaban J connectivity index is 2.25.